The lowest BCUT2D eigenvalue weighted by Crippen LogP contribution is -2.21. The minimum atomic E-state index is -0.461. The Balaban J connectivity index is 2.07. The molecule has 0 atom stereocenters. The van der Waals surface area contributed by atoms with Crippen LogP contribution in [0.5, 0.6) is 0 Å². The molecule has 2 rings (SSSR count). The second-order valence-corrected chi connectivity index (χ2v) is 5.88. The average Bonchev–Trinajstić information content (AvgIpc) is 2.36. The average molecular weight is 299 g/mol. The molecule has 20 heavy (non-hydrogen) atoms. The van der Waals surface area contributed by atoms with E-state index in [0.717, 1.165) is 18.8 Å². The summed E-state index contributed by atoms with van der Waals surface area (Å²) in [4.78, 5) is 18.4. The molecule has 0 aromatic carbocycles. The van der Waals surface area contributed by atoms with Crippen LogP contribution in [0.2, 0.25) is 5.28 Å². The van der Waals surface area contributed by atoms with Crippen LogP contribution in [-0.4, -0.2) is 21.4 Å². The highest BCUT2D eigenvalue weighted by Gasteiger charge is 2.23. The molecule has 1 aromatic heterocycles. The van der Waals surface area contributed by atoms with Crippen LogP contribution < -0.4 is 5.32 Å². The maximum absolute atomic E-state index is 11.1. The highest BCUT2D eigenvalue weighted by molar-refractivity contribution is 6.28. The van der Waals surface area contributed by atoms with Crippen molar-refractivity contribution < 1.29 is 4.92 Å². The minimum absolute atomic E-state index is 0.0351. The Hall–Kier alpha value is -1.43. The molecule has 110 valence electrons. The van der Waals surface area contributed by atoms with Crippen LogP contribution in [-0.2, 0) is 0 Å². The van der Waals surface area contributed by atoms with Crippen molar-refractivity contribution in [2.24, 2.45) is 11.8 Å². The zero-order valence-corrected chi connectivity index (χ0v) is 12.5. The van der Waals surface area contributed by atoms with Gasteiger partial charge in [-0.3, -0.25) is 10.1 Å². The fourth-order valence-electron chi connectivity index (χ4n) is 2.65. The first-order valence-electron chi connectivity index (χ1n) is 6.89. The van der Waals surface area contributed by atoms with Gasteiger partial charge in [-0.25, -0.2) is 4.98 Å². The van der Waals surface area contributed by atoms with E-state index in [9.17, 15) is 10.1 Å². The maximum Gasteiger partial charge on any atom is 0.332 e. The SMILES string of the molecule is Cc1nc(Cl)nc(NCC2CCC(C)CC2)c1[N+](=O)[O-]. The highest BCUT2D eigenvalue weighted by atomic mass is 35.5. The summed E-state index contributed by atoms with van der Waals surface area (Å²) in [6.07, 6.45) is 4.75. The molecule has 1 aromatic rings. The van der Waals surface area contributed by atoms with Gasteiger partial charge in [-0.2, -0.15) is 4.98 Å². The second kappa shape index (κ2) is 6.35. The summed E-state index contributed by atoms with van der Waals surface area (Å²) < 4.78 is 0. The van der Waals surface area contributed by atoms with Gasteiger partial charge in [0.2, 0.25) is 11.1 Å². The van der Waals surface area contributed by atoms with Crippen LogP contribution in [0.3, 0.4) is 0 Å². The van der Waals surface area contributed by atoms with E-state index < -0.39 is 4.92 Å². The molecule has 1 fully saturated rings. The van der Waals surface area contributed by atoms with Crippen molar-refractivity contribution in [2.75, 3.05) is 11.9 Å². The Morgan fingerprint density at radius 3 is 2.60 bits per heavy atom. The van der Waals surface area contributed by atoms with E-state index in [4.69, 9.17) is 11.6 Å². The summed E-state index contributed by atoms with van der Waals surface area (Å²) in [5, 5.41) is 14.2. The molecular formula is C13H19ClN4O2. The van der Waals surface area contributed by atoms with Gasteiger partial charge >= 0.3 is 5.69 Å². The largest absolute Gasteiger partial charge is 0.364 e. The number of aromatic nitrogens is 2. The first-order valence-corrected chi connectivity index (χ1v) is 7.27. The summed E-state index contributed by atoms with van der Waals surface area (Å²) in [6.45, 7) is 4.53. The second-order valence-electron chi connectivity index (χ2n) is 5.54. The van der Waals surface area contributed by atoms with Crippen molar-refractivity contribution in [1.82, 2.24) is 9.97 Å². The Bertz CT molecular complexity index is 501. The lowest BCUT2D eigenvalue weighted by atomic mass is 9.83. The molecule has 1 N–H and O–H groups in total. The van der Waals surface area contributed by atoms with Gasteiger partial charge in [0.05, 0.1) is 4.92 Å². The topological polar surface area (TPSA) is 81.0 Å². The van der Waals surface area contributed by atoms with E-state index in [0.29, 0.717) is 12.5 Å². The first-order chi connectivity index (χ1) is 9.47. The van der Waals surface area contributed by atoms with Gasteiger partial charge in [0.15, 0.2) is 0 Å². The third-order valence-electron chi connectivity index (χ3n) is 3.91. The fourth-order valence-corrected chi connectivity index (χ4v) is 2.86. The van der Waals surface area contributed by atoms with E-state index in [-0.39, 0.29) is 22.5 Å². The van der Waals surface area contributed by atoms with Crippen molar-refractivity contribution in [3.8, 4) is 0 Å². The molecule has 1 saturated carbocycles. The quantitative estimate of drug-likeness (QED) is 0.522. The van der Waals surface area contributed by atoms with Crippen LogP contribution in [0, 0.1) is 28.9 Å². The van der Waals surface area contributed by atoms with Gasteiger partial charge in [0, 0.05) is 6.54 Å². The zero-order chi connectivity index (χ0) is 14.7. The fraction of sp³-hybridized carbons (Fsp3) is 0.692. The molecule has 0 amide bonds. The third kappa shape index (κ3) is 3.56. The Kier molecular flexibility index (Phi) is 4.75. The Labute approximate surface area is 123 Å². The van der Waals surface area contributed by atoms with Gasteiger partial charge in [-0.05, 0) is 43.2 Å². The molecule has 1 aliphatic carbocycles. The van der Waals surface area contributed by atoms with Gasteiger partial charge in [0.25, 0.3) is 0 Å². The summed E-state index contributed by atoms with van der Waals surface area (Å²) in [6, 6.07) is 0. The predicted octanol–water partition coefficient (Wildman–Crippen LogP) is 3.58. The van der Waals surface area contributed by atoms with Crippen LogP contribution in [0.4, 0.5) is 11.5 Å². The number of rotatable bonds is 4. The van der Waals surface area contributed by atoms with E-state index in [1.54, 1.807) is 6.92 Å². The summed E-state index contributed by atoms with van der Waals surface area (Å²) >= 11 is 5.78. The third-order valence-corrected chi connectivity index (χ3v) is 4.08. The smallest absolute Gasteiger partial charge is 0.332 e. The molecule has 0 unspecified atom stereocenters. The molecule has 0 aliphatic heterocycles. The number of nitro groups is 1. The van der Waals surface area contributed by atoms with Gasteiger partial charge in [-0.15, -0.1) is 0 Å². The molecule has 0 spiro atoms. The van der Waals surface area contributed by atoms with Crippen molar-refractivity contribution in [3.63, 3.8) is 0 Å². The molecule has 0 bridgehead atoms. The number of aryl methyl sites for hydroxylation is 1. The molecule has 1 heterocycles. The summed E-state index contributed by atoms with van der Waals surface area (Å²) in [5.74, 6) is 1.56. The molecule has 7 heteroatoms. The molecule has 6 nitrogen and oxygen atoms in total. The van der Waals surface area contributed by atoms with Crippen molar-refractivity contribution in [2.45, 2.75) is 39.5 Å². The Morgan fingerprint density at radius 1 is 1.35 bits per heavy atom. The van der Waals surface area contributed by atoms with Gasteiger partial charge < -0.3 is 5.32 Å². The lowest BCUT2D eigenvalue weighted by Gasteiger charge is -2.26. The monoisotopic (exact) mass is 298 g/mol. The summed E-state index contributed by atoms with van der Waals surface area (Å²) in [7, 11) is 0. The molecule has 0 radical (unpaired) electrons. The number of hydrogen-bond acceptors (Lipinski definition) is 5. The maximum atomic E-state index is 11.1. The van der Waals surface area contributed by atoms with E-state index >= 15 is 0 Å². The Morgan fingerprint density at radius 2 is 2.00 bits per heavy atom. The van der Waals surface area contributed by atoms with Crippen molar-refractivity contribution in [3.05, 3.63) is 21.1 Å². The number of halogens is 1. The highest BCUT2D eigenvalue weighted by Crippen LogP contribution is 2.30. The molecular weight excluding hydrogens is 280 g/mol. The standard InChI is InChI=1S/C13H19ClN4O2/c1-8-3-5-10(6-4-8)7-15-12-11(18(19)20)9(2)16-13(14)17-12/h8,10H,3-7H2,1-2H3,(H,15,16,17). The van der Waals surface area contributed by atoms with Gasteiger partial charge in [-0.1, -0.05) is 19.8 Å². The van der Waals surface area contributed by atoms with Crippen molar-refractivity contribution in [1.29, 1.82) is 0 Å². The lowest BCUT2D eigenvalue weighted by molar-refractivity contribution is -0.385. The molecule has 1 aliphatic rings. The zero-order valence-electron chi connectivity index (χ0n) is 11.7. The first kappa shape index (κ1) is 15.0. The van der Waals surface area contributed by atoms with Gasteiger partial charge in [0.1, 0.15) is 5.69 Å². The van der Waals surface area contributed by atoms with Crippen LogP contribution in [0.1, 0.15) is 38.3 Å². The van der Waals surface area contributed by atoms with Crippen LogP contribution in [0.15, 0.2) is 0 Å². The predicted molar refractivity (Wildman–Crippen MR) is 78.0 cm³/mol. The normalized spacial score (nSPS) is 22.6. The van der Waals surface area contributed by atoms with Crippen LogP contribution in [0.25, 0.3) is 0 Å². The number of hydrogen-bond donors (Lipinski definition) is 1. The van der Waals surface area contributed by atoms with Crippen LogP contribution >= 0.6 is 11.6 Å². The van der Waals surface area contributed by atoms with E-state index in [2.05, 4.69) is 22.2 Å². The number of anilines is 1. The minimum Gasteiger partial charge on any atom is -0.364 e. The number of nitrogens with zero attached hydrogens (tertiary/aromatic N) is 3. The molecule has 0 saturated heterocycles. The van der Waals surface area contributed by atoms with E-state index in [1.807, 2.05) is 0 Å². The van der Waals surface area contributed by atoms with Crippen molar-refractivity contribution >= 4 is 23.1 Å². The summed E-state index contributed by atoms with van der Waals surface area (Å²) in [5.41, 5.74) is 0.202. The number of nitrogens with one attached hydrogen (secondary N) is 1. The van der Waals surface area contributed by atoms with E-state index in [1.165, 1.54) is 12.8 Å².